The number of ether oxygens (including phenoxy) is 2. The Bertz CT molecular complexity index is 584. The minimum Gasteiger partial charge on any atom is -0.466 e. The summed E-state index contributed by atoms with van der Waals surface area (Å²) in [6.45, 7) is 7.57. The highest BCUT2D eigenvalue weighted by atomic mass is 16.6. The van der Waals surface area contributed by atoms with Crippen LogP contribution in [0.3, 0.4) is 0 Å². The summed E-state index contributed by atoms with van der Waals surface area (Å²) in [6, 6.07) is 0. The number of hydrogen-bond acceptors (Lipinski definition) is 5. The summed E-state index contributed by atoms with van der Waals surface area (Å²) in [6.07, 6.45) is 7.54. The first kappa shape index (κ1) is 19.7. The Morgan fingerprint density at radius 1 is 1.17 bits per heavy atom. The van der Waals surface area contributed by atoms with E-state index in [1.165, 1.54) is 0 Å². The monoisotopic (exact) mass is 335 g/mol. The molecule has 0 fully saturated rings. The first-order valence-electron chi connectivity index (χ1n) is 8.04. The van der Waals surface area contributed by atoms with Gasteiger partial charge in [-0.25, -0.2) is 4.79 Å². The van der Waals surface area contributed by atoms with E-state index in [2.05, 4.69) is 5.32 Å². The van der Waals surface area contributed by atoms with E-state index in [4.69, 9.17) is 9.47 Å². The molecule has 0 bridgehead atoms. The normalized spacial score (nSPS) is 14.2. The van der Waals surface area contributed by atoms with Gasteiger partial charge in [-0.2, -0.15) is 0 Å². The van der Waals surface area contributed by atoms with Crippen LogP contribution >= 0.6 is 0 Å². The molecular weight excluding hydrogens is 310 g/mol. The Kier molecular flexibility index (Phi) is 7.42. The summed E-state index contributed by atoms with van der Waals surface area (Å²) >= 11 is 0. The smallest absolute Gasteiger partial charge is 0.338 e. The lowest BCUT2D eigenvalue weighted by atomic mass is 10.1. The molecule has 0 aromatic heterocycles. The van der Waals surface area contributed by atoms with Crippen molar-refractivity contribution in [2.75, 3.05) is 6.61 Å². The van der Waals surface area contributed by atoms with Crippen molar-refractivity contribution in [3.05, 3.63) is 35.6 Å². The van der Waals surface area contributed by atoms with Crippen LogP contribution in [-0.2, 0) is 23.9 Å². The van der Waals surface area contributed by atoms with Gasteiger partial charge in [0.05, 0.1) is 12.2 Å². The highest BCUT2D eigenvalue weighted by Gasteiger charge is 2.22. The largest absolute Gasteiger partial charge is 0.466 e. The van der Waals surface area contributed by atoms with Gasteiger partial charge < -0.3 is 14.8 Å². The minimum absolute atomic E-state index is 0.234. The molecule has 0 spiro atoms. The van der Waals surface area contributed by atoms with Crippen LogP contribution in [0.4, 0.5) is 0 Å². The number of carbonyl (C=O) groups excluding carboxylic acids is 3. The lowest BCUT2D eigenvalue weighted by Crippen LogP contribution is -2.27. The molecule has 6 nitrogen and oxygen atoms in total. The van der Waals surface area contributed by atoms with Gasteiger partial charge in [-0.15, -0.1) is 0 Å². The molecule has 0 heterocycles. The number of amides is 1. The SMILES string of the molecule is CCOC(=O)CC(=O)NC1=CCC=C(C(=O)OC(C)(C)CC)C=C1. The zero-order valence-corrected chi connectivity index (χ0v) is 14.7. The zero-order valence-electron chi connectivity index (χ0n) is 14.7. The molecule has 24 heavy (non-hydrogen) atoms. The van der Waals surface area contributed by atoms with Gasteiger partial charge in [0.2, 0.25) is 5.91 Å². The average Bonchev–Trinajstić information content (AvgIpc) is 2.72. The summed E-state index contributed by atoms with van der Waals surface area (Å²) in [7, 11) is 0. The first-order chi connectivity index (χ1) is 11.3. The third-order valence-corrected chi connectivity index (χ3v) is 3.47. The van der Waals surface area contributed by atoms with E-state index in [0.29, 0.717) is 24.1 Å². The summed E-state index contributed by atoms with van der Waals surface area (Å²) in [5.41, 5.74) is 0.433. The molecule has 0 radical (unpaired) electrons. The van der Waals surface area contributed by atoms with Gasteiger partial charge in [-0.05, 0) is 45.8 Å². The molecular formula is C18H25NO5. The molecule has 1 aliphatic carbocycles. The molecule has 132 valence electrons. The average molecular weight is 335 g/mol. The summed E-state index contributed by atoms with van der Waals surface area (Å²) < 4.78 is 10.2. The number of carbonyl (C=O) groups is 3. The zero-order chi connectivity index (χ0) is 18.2. The number of nitrogens with one attached hydrogen (secondary N) is 1. The van der Waals surface area contributed by atoms with Gasteiger partial charge in [0.25, 0.3) is 0 Å². The second-order valence-corrected chi connectivity index (χ2v) is 5.92. The van der Waals surface area contributed by atoms with Crippen LogP contribution in [0.15, 0.2) is 35.6 Å². The fourth-order valence-corrected chi connectivity index (χ4v) is 1.80. The number of rotatable bonds is 7. The van der Waals surface area contributed by atoms with Crippen LogP contribution in [-0.4, -0.2) is 30.1 Å². The number of hydrogen-bond donors (Lipinski definition) is 1. The Morgan fingerprint density at radius 2 is 1.88 bits per heavy atom. The van der Waals surface area contributed by atoms with E-state index in [1.54, 1.807) is 31.2 Å². The molecule has 0 aromatic rings. The summed E-state index contributed by atoms with van der Waals surface area (Å²) in [5.74, 6) is -1.43. The van der Waals surface area contributed by atoms with Crippen molar-refractivity contribution in [2.45, 2.75) is 52.6 Å². The van der Waals surface area contributed by atoms with Crippen molar-refractivity contribution in [1.82, 2.24) is 5.32 Å². The van der Waals surface area contributed by atoms with E-state index < -0.39 is 23.4 Å². The summed E-state index contributed by atoms with van der Waals surface area (Å²) in [5, 5.41) is 2.62. The fraction of sp³-hybridized carbons (Fsp3) is 0.500. The van der Waals surface area contributed by atoms with Gasteiger partial charge in [0.1, 0.15) is 12.0 Å². The van der Waals surface area contributed by atoms with Crippen LogP contribution in [0.25, 0.3) is 0 Å². The van der Waals surface area contributed by atoms with Crippen LogP contribution in [0.5, 0.6) is 0 Å². The van der Waals surface area contributed by atoms with Gasteiger partial charge in [0, 0.05) is 5.70 Å². The predicted octanol–water partition coefficient (Wildman–Crippen LogP) is 2.56. The third kappa shape index (κ3) is 6.81. The highest BCUT2D eigenvalue weighted by Crippen LogP contribution is 2.18. The molecule has 0 saturated carbocycles. The van der Waals surface area contributed by atoms with Gasteiger partial charge >= 0.3 is 11.9 Å². The van der Waals surface area contributed by atoms with Crippen LogP contribution in [0.1, 0.15) is 47.0 Å². The van der Waals surface area contributed by atoms with Gasteiger partial charge in [-0.3, -0.25) is 9.59 Å². The minimum atomic E-state index is -0.572. The maximum absolute atomic E-state index is 12.2. The van der Waals surface area contributed by atoms with Crippen LogP contribution < -0.4 is 5.32 Å². The summed E-state index contributed by atoms with van der Waals surface area (Å²) in [4.78, 5) is 35.2. The van der Waals surface area contributed by atoms with Crippen LogP contribution in [0.2, 0.25) is 0 Å². The number of allylic oxidation sites excluding steroid dienone is 3. The Labute approximate surface area is 142 Å². The predicted molar refractivity (Wildman–Crippen MR) is 89.8 cm³/mol. The van der Waals surface area contributed by atoms with Crippen molar-refractivity contribution in [1.29, 1.82) is 0 Å². The maximum Gasteiger partial charge on any atom is 0.338 e. The van der Waals surface area contributed by atoms with Crippen molar-refractivity contribution in [2.24, 2.45) is 0 Å². The molecule has 6 heteroatoms. The molecule has 0 unspecified atom stereocenters. The lowest BCUT2D eigenvalue weighted by Gasteiger charge is -2.23. The highest BCUT2D eigenvalue weighted by molar-refractivity contribution is 5.95. The molecule has 0 aliphatic heterocycles. The van der Waals surface area contributed by atoms with E-state index in [1.807, 2.05) is 20.8 Å². The van der Waals surface area contributed by atoms with E-state index >= 15 is 0 Å². The van der Waals surface area contributed by atoms with Crippen molar-refractivity contribution in [3.8, 4) is 0 Å². The van der Waals surface area contributed by atoms with E-state index in [0.717, 1.165) is 0 Å². The maximum atomic E-state index is 12.2. The van der Waals surface area contributed by atoms with Gasteiger partial charge in [-0.1, -0.05) is 19.1 Å². The Morgan fingerprint density at radius 3 is 2.50 bits per heavy atom. The van der Waals surface area contributed by atoms with Gasteiger partial charge in [0.15, 0.2) is 0 Å². The quantitative estimate of drug-likeness (QED) is 0.571. The molecule has 1 amide bonds. The second kappa shape index (κ2) is 9.05. The molecule has 1 N–H and O–H groups in total. The van der Waals surface area contributed by atoms with Crippen LogP contribution in [0, 0.1) is 0 Å². The van der Waals surface area contributed by atoms with E-state index in [-0.39, 0.29) is 13.0 Å². The second-order valence-electron chi connectivity index (χ2n) is 5.92. The molecule has 1 aliphatic rings. The standard InChI is InChI=1S/C18H25NO5/c1-5-18(3,4)24-17(22)13-8-7-9-14(11-10-13)19-15(20)12-16(21)23-6-2/h8-11H,5-7,12H2,1-4H3,(H,19,20). The topological polar surface area (TPSA) is 81.7 Å². The Balaban J connectivity index is 2.60. The van der Waals surface area contributed by atoms with Crippen molar-refractivity contribution >= 4 is 17.8 Å². The van der Waals surface area contributed by atoms with E-state index in [9.17, 15) is 14.4 Å². The molecule has 1 rings (SSSR count). The van der Waals surface area contributed by atoms with Crippen molar-refractivity contribution in [3.63, 3.8) is 0 Å². The molecule has 0 saturated heterocycles. The first-order valence-corrected chi connectivity index (χ1v) is 8.04. The molecule has 0 aromatic carbocycles. The third-order valence-electron chi connectivity index (χ3n) is 3.47. The fourth-order valence-electron chi connectivity index (χ4n) is 1.80. The molecule has 0 atom stereocenters. The van der Waals surface area contributed by atoms with Crippen molar-refractivity contribution < 1.29 is 23.9 Å². The number of esters is 2. The Hall–Kier alpha value is -2.37. The lowest BCUT2D eigenvalue weighted by molar-refractivity contribution is -0.151.